The van der Waals surface area contributed by atoms with Gasteiger partial charge in [-0.05, 0) is 44.9 Å². The van der Waals surface area contributed by atoms with Crippen LogP contribution in [-0.2, 0) is 0 Å². The third-order valence-corrected chi connectivity index (χ3v) is 4.56. The maximum Gasteiger partial charge on any atom is 0.274 e. The van der Waals surface area contributed by atoms with Gasteiger partial charge >= 0.3 is 0 Å². The predicted octanol–water partition coefficient (Wildman–Crippen LogP) is 2.40. The number of carbonyl (C=O) groups excluding carboxylic acids is 1. The second-order valence-electron chi connectivity index (χ2n) is 6.28. The zero-order chi connectivity index (χ0) is 16.2. The van der Waals surface area contributed by atoms with Gasteiger partial charge in [0, 0.05) is 30.9 Å². The molecule has 1 aromatic heterocycles. The largest absolute Gasteiger partial charge is 0.399 e. The van der Waals surface area contributed by atoms with E-state index in [1.807, 2.05) is 0 Å². The molecule has 6 nitrogen and oxygen atoms in total. The van der Waals surface area contributed by atoms with Crippen LogP contribution >= 0.6 is 0 Å². The average Bonchev–Trinajstić information content (AvgIpc) is 2.96. The minimum absolute atomic E-state index is 0.194. The highest BCUT2D eigenvalue weighted by Gasteiger charge is 2.18. The standard InChI is InChI=1S/C17H24N4O2/c1-12-5-2-3-9-21(12)10-4-8-19-17(22)16-14-7-6-13(18)11-15(14)23-20-16/h6-7,11-12H,2-5,8-10,18H2,1H3,(H,19,22). The fraction of sp³-hybridized carbons (Fsp3) is 0.529. The van der Waals surface area contributed by atoms with Gasteiger partial charge in [-0.1, -0.05) is 11.6 Å². The van der Waals surface area contributed by atoms with Gasteiger partial charge in [0.05, 0.1) is 5.39 Å². The van der Waals surface area contributed by atoms with Crippen molar-refractivity contribution in [2.45, 2.75) is 38.6 Å². The molecule has 1 atom stereocenters. The van der Waals surface area contributed by atoms with Gasteiger partial charge in [0.15, 0.2) is 11.3 Å². The molecule has 2 heterocycles. The second kappa shape index (κ2) is 7.00. The number of nitrogen functional groups attached to an aromatic ring is 1. The normalized spacial score (nSPS) is 19.1. The van der Waals surface area contributed by atoms with E-state index in [0.29, 0.717) is 34.9 Å². The first-order valence-corrected chi connectivity index (χ1v) is 8.32. The first-order chi connectivity index (χ1) is 11.1. The Labute approximate surface area is 136 Å². The van der Waals surface area contributed by atoms with Crippen molar-refractivity contribution in [2.75, 3.05) is 25.4 Å². The van der Waals surface area contributed by atoms with Crippen LogP contribution in [0.4, 0.5) is 5.69 Å². The van der Waals surface area contributed by atoms with Crippen LogP contribution in [0.5, 0.6) is 0 Å². The zero-order valence-corrected chi connectivity index (χ0v) is 13.5. The summed E-state index contributed by atoms with van der Waals surface area (Å²) in [6.07, 6.45) is 4.84. The van der Waals surface area contributed by atoms with Gasteiger partial charge in [-0.3, -0.25) is 4.79 Å². The molecule has 1 fully saturated rings. The number of likely N-dealkylation sites (tertiary alicyclic amines) is 1. The number of rotatable bonds is 5. The molecule has 0 aliphatic carbocycles. The van der Waals surface area contributed by atoms with Crippen LogP contribution in [0.2, 0.25) is 0 Å². The fourth-order valence-corrected chi connectivity index (χ4v) is 3.18. The van der Waals surface area contributed by atoms with E-state index in [4.69, 9.17) is 10.3 Å². The lowest BCUT2D eigenvalue weighted by molar-refractivity contribution is 0.0941. The molecule has 0 radical (unpaired) electrons. The molecule has 1 unspecified atom stereocenters. The Balaban J connectivity index is 1.51. The minimum atomic E-state index is -0.194. The lowest BCUT2D eigenvalue weighted by Gasteiger charge is -2.33. The number of benzene rings is 1. The lowest BCUT2D eigenvalue weighted by atomic mass is 10.0. The summed E-state index contributed by atoms with van der Waals surface area (Å²) in [6, 6.07) is 5.85. The van der Waals surface area contributed by atoms with Crippen LogP contribution in [0.15, 0.2) is 22.7 Å². The number of hydrogen-bond donors (Lipinski definition) is 2. The highest BCUT2D eigenvalue weighted by Crippen LogP contribution is 2.21. The number of fused-ring (bicyclic) bond motifs is 1. The van der Waals surface area contributed by atoms with Crippen LogP contribution in [-0.4, -0.2) is 41.6 Å². The number of anilines is 1. The quantitative estimate of drug-likeness (QED) is 0.653. The molecule has 3 N–H and O–H groups in total. The van der Waals surface area contributed by atoms with Gasteiger partial charge in [-0.15, -0.1) is 0 Å². The molecule has 1 aliphatic rings. The van der Waals surface area contributed by atoms with Crippen LogP contribution in [0.25, 0.3) is 11.0 Å². The number of nitrogens with one attached hydrogen (secondary N) is 1. The van der Waals surface area contributed by atoms with Crippen molar-refractivity contribution in [3.63, 3.8) is 0 Å². The number of piperidine rings is 1. The Hall–Kier alpha value is -2.08. The summed E-state index contributed by atoms with van der Waals surface area (Å²) >= 11 is 0. The Kier molecular flexibility index (Phi) is 4.81. The van der Waals surface area contributed by atoms with E-state index in [1.54, 1.807) is 18.2 Å². The van der Waals surface area contributed by atoms with Gasteiger partial charge in [0.25, 0.3) is 5.91 Å². The molecule has 2 aromatic rings. The van der Waals surface area contributed by atoms with Crippen molar-refractivity contribution in [2.24, 2.45) is 0 Å². The van der Waals surface area contributed by atoms with E-state index >= 15 is 0 Å². The fourth-order valence-electron chi connectivity index (χ4n) is 3.18. The van der Waals surface area contributed by atoms with Crippen LogP contribution < -0.4 is 11.1 Å². The summed E-state index contributed by atoms with van der Waals surface area (Å²) in [5.74, 6) is -0.194. The van der Waals surface area contributed by atoms with Crippen molar-refractivity contribution < 1.29 is 9.32 Å². The number of hydrogen-bond acceptors (Lipinski definition) is 5. The number of nitrogens with two attached hydrogens (primary N) is 1. The molecule has 1 aliphatic heterocycles. The summed E-state index contributed by atoms with van der Waals surface area (Å²) < 4.78 is 5.17. The Morgan fingerprint density at radius 2 is 2.35 bits per heavy atom. The summed E-state index contributed by atoms with van der Waals surface area (Å²) in [6.45, 7) is 5.12. The van der Waals surface area contributed by atoms with Gasteiger partial charge in [0.1, 0.15) is 0 Å². The molecule has 124 valence electrons. The highest BCUT2D eigenvalue weighted by atomic mass is 16.5. The van der Waals surface area contributed by atoms with Crippen LogP contribution in [0.1, 0.15) is 43.1 Å². The topological polar surface area (TPSA) is 84.4 Å². The number of amides is 1. The van der Waals surface area contributed by atoms with Gasteiger partial charge < -0.3 is 20.5 Å². The van der Waals surface area contributed by atoms with Crippen molar-refractivity contribution in [3.05, 3.63) is 23.9 Å². The molecular formula is C17H24N4O2. The highest BCUT2D eigenvalue weighted by molar-refractivity contribution is 6.04. The molecule has 1 saturated heterocycles. The average molecular weight is 316 g/mol. The van der Waals surface area contributed by atoms with E-state index in [1.165, 1.54) is 25.8 Å². The van der Waals surface area contributed by atoms with E-state index in [9.17, 15) is 4.79 Å². The Morgan fingerprint density at radius 1 is 1.48 bits per heavy atom. The Bertz CT molecular complexity index is 682. The third kappa shape index (κ3) is 3.64. The summed E-state index contributed by atoms with van der Waals surface area (Å²) in [5, 5.41) is 7.49. The monoisotopic (exact) mass is 316 g/mol. The van der Waals surface area contributed by atoms with Crippen molar-refractivity contribution in [3.8, 4) is 0 Å². The summed E-state index contributed by atoms with van der Waals surface area (Å²) in [7, 11) is 0. The molecule has 6 heteroatoms. The number of nitrogens with zero attached hydrogens (tertiary/aromatic N) is 2. The molecule has 0 spiro atoms. The first-order valence-electron chi connectivity index (χ1n) is 8.32. The van der Waals surface area contributed by atoms with E-state index in [0.717, 1.165) is 13.0 Å². The maximum absolute atomic E-state index is 12.2. The van der Waals surface area contributed by atoms with Crippen LogP contribution in [0, 0.1) is 0 Å². The SMILES string of the molecule is CC1CCCCN1CCCNC(=O)c1noc2cc(N)ccc12. The number of aromatic nitrogens is 1. The maximum atomic E-state index is 12.2. The number of carbonyl (C=O) groups is 1. The van der Waals surface area contributed by atoms with E-state index in [2.05, 4.69) is 22.3 Å². The Morgan fingerprint density at radius 3 is 3.17 bits per heavy atom. The second-order valence-corrected chi connectivity index (χ2v) is 6.28. The van der Waals surface area contributed by atoms with E-state index < -0.39 is 0 Å². The molecular weight excluding hydrogens is 292 g/mol. The van der Waals surface area contributed by atoms with Gasteiger partial charge in [-0.25, -0.2) is 0 Å². The van der Waals surface area contributed by atoms with Crippen molar-refractivity contribution in [1.82, 2.24) is 15.4 Å². The lowest BCUT2D eigenvalue weighted by Crippen LogP contribution is -2.39. The molecule has 1 amide bonds. The molecule has 0 bridgehead atoms. The van der Waals surface area contributed by atoms with Gasteiger partial charge in [-0.2, -0.15) is 0 Å². The third-order valence-electron chi connectivity index (χ3n) is 4.56. The predicted molar refractivity (Wildman–Crippen MR) is 90.3 cm³/mol. The van der Waals surface area contributed by atoms with E-state index in [-0.39, 0.29) is 5.91 Å². The molecule has 0 saturated carbocycles. The zero-order valence-electron chi connectivity index (χ0n) is 13.5. The minimum Gasteiger partial charge on any atom is -0.399 e. The molecule has 3 rings (SSSR count). The summed E-state index contributed by atoms with van der Waals surface area (Å²) in [4.78, 5) is 14.7. The van der Waals surface area contributed by atoms with Gasteiger partial charge in [0.2, 0.25) is 0 Å². The molecule has 1 aromatic carbocycles. The van der Waals surface area contributed by atoms with Crippen molar-refractivity contribution >= 4 is 22.6 Å². The summed E-state index contributed by atoms with van der Waals surface area (Å²) in [5.41, 5.74) is 7.15. The van der Waals surface area contributed by atoms with Crippen molar-refractivity contribution in [1.29, 1.82) is 0 Å². The van der Waals surface area contributed by atoms with Crippen LogP contribution in [0.3, 0.4) is 0 Å². The first kappa shape index (κ1) is 15.8. The smallest absolute Gasteiger partial charge is 0.274 e. The molecule has 23 heavy (non-hydrogen) atoms.